The van der Waals surface area contributed by atoms with Gasteiger partial charge in [-0.15, -0.1) is 0 Å². The average Bonchev–Trinajstić information content (AvgIpc) is 3.26. The van der Waals surface area contributed by atoms with Crippen LogP contribution >= 0.6 is 11.6 Å². The molecule has 3 rings (SSSR count). The molecule has 1 N–H and O–H groups in total. The number of nitrogens with one attached hydrogen (secondary N) is 1. The van der Waals surface area contributed by atoms with E-state index in [0.717, 1.165) is 0 Å². The Morgan fingerprint density at radius 3 is 2.36 bits per heavy atom. The van der Waals surface area contributed by atoms with Gasteiger partial charge in [-0.05, 0) is 36.4 Å². The summed E-state index contributed by atoms with van der Waals surface area (Å²) in [7, 11) is 0. The Hall–Kier alpha value is -3.00. The number of halogens is 1. The molecule has 0 unspecified atom stereocenters. The molecule has 1 saturated heterocycles. The number of rotatable bonds is 6. The van der Waals surface area contributed by atoms with E-state index in [4.69, 9.17) is 20.8 Å². The number of carbonyl (C=O) groups is 3. The summed E-state index contributed by atoms with van der Waals surface area (Å²) in [6.07, 6.45) is 1.45. The molecule has 8 nitrogen and oxygen atoms in total. The molecule has 0 spiro atoms. The molecule has 1 aliphatic rings. The second kappa shape index (κ2) is 9.27. The van der Waals surface area contributed by atoms with Gasteiger partial charge in [-0.2, -0.15) is 0 Å². The smallest absolute Gasteiger partial charge is 0.289 e. The molecule has 1 aromatic carbocycles. The van der Waals surface area contributed by atoms with Gasteiger partial charge < -0.3 is 24.3 Å². The molecule has 148 valence electrons. The van der Waals surface area contributed by atoms with E-state index in [9.17, 15) is 14.4 Å². The maximum Gasteiger partial charge on any atom is 0.289 e. The third kappa shape index (κ3) is 5.26. The van der Waals surface area contributed by atoms with Crippen LogP contribution in [0.3, 0.4) is 0 Å². The molecule has 0 saturated carbocycles. The van der Waals surface area contributed by atoms with Crippen molar-refractivity contribution in [3.8, 4) is 5.75 Å². The molecular weight excluding hydrogens is 386 g/mol. The van der Waals surface area contributed by atoms with Crippen LogP contribution in [0.5, 0.6) is 5.75 Å². The minimum Gasteiger partial charge on any atom is -0.484 e. The van der Waals surface area contributed by atoms with Crippen LogP contribution in [0.25, 0.3) is 0 Å². The Bertz CT molecular complexity index is 815. The predicted octanol–water partition coefficient (Wildman–Crippen LogP) is 1.41. The Morgan fingerprint density at radius 2 is 1.71 bits per heavy atom. The van der Waals surface area contributed by atoms with Crippen molar-refractivity contribution in [2.24, 2.45) is 0 Å². The molecule has 1 aliphatic heterocycles. The van der Waals surface area contributed by atoms with Crippen molar-refractivity contribution in [2.75, 3.05) is 39.3 Å². The first-order chi connectivity index (χ1) is 13.5. The van der Waals surface area contributed by atoms with Crippen molar-refractivity contribution < 1.29 is 23.5 Å². The normalized spacial score (nSPS) is 13.9. The summed E-state index contributed by atoms with van der Waals surface area (Å²) < 4.78 is 10.4. The highest BCUT2D eigenvalue weighted by Crippen LogP contribution is 2.15. The van der Waals surface area contributed by atoms with Crippen molar-refractivity contribution in [3.63, 3.8) is 0 Å². The summed E-state index contributed by atoms with van der Waals surface area (Å²) in [5, 5.41) is 3.12. The van der Waals surface area contributed by atoms with E-state index in [2.05, 4.69) is 5.32 Å². The highest BCUT2D eigenvalue weighted by molar-refractivity contribution is 6.30. The van der Waals surface area contributed by atoms with Gasteiger partial charge >= 0.3 is 0 Å². The maximum atomic E-state index is 12.3. The lowest BCUT2D eigenvalue weighted by Crippen LogP contribution is -2.52. The van der Waals surface area contributed by atoms with E-state index in [1.54, 1.807) is 46.2 Å². The number of hydrogen-bond donors (Lipinski definition) is 1. The Labute approximate surface area is 167 Å². The summed E-state index contributed by atoms with van der Waals surface area (Å²) >= 11 is 5.78. The lowest BCUT2D eigenvalue weighted by molar-refractivity contribution is -0.134. The summed E-state index contributed by atoms with van der Waals surface area (Å²) in [6.45, 7) is 1.33. The van der Waals surface area contributed by atoms with Crippen molar-refractivity contribution in [1.82, 2.24) is 15.1 Å². The lowest BCUT2D eigenvalue weighted by atomic mass is 10.2. The number of carbonyl (C=O) groups excluding carboxylic acids is 3. The van der Waals surface area contributed by atoms with Gasteiger partial charge in [-0.1, -0.05) is 11.6 Å². The first kappa shape index (κ1) is 19.8. The van der Waals surface area contributed by atoms with Crippen molar-refractivity contribution in [3.05, 3.63) is 53.4 Å². The van der Waals surface area contributed by atoms with Crippen molar-refractivity contribution in [2.45, 2.75) is 0 Å². The monoisotopic (exact) mass is 405 g/mol. The molecule has 1 aromatic heterocycles. The van der Waals surface area contributed by atoms with Gasteiger partial charge in [0.2, 0.25) is 5.91 Å². The van der Waals surface area contributed by atoms with Gasteiger partial charge in [-0.3, -0.25) is 14.4 Å². The fourth-order valence-electron chi connectivity index (χ4n) is 2.73. The molecule has 9 heteroatoms. The van der Waals surface area contributed by atoms with Gasteiger partial charge in [0.05, 0.1) is 12.8 Å². The number of furan rings is 1. The Morgan fingerprint density at radius 1 is 1.04 bits per heavy atom. The van der Waals surface area contributed by atoms with Crippen LogP contribution in [0.15, 0.2) is 47.1 Å². The van der Waals surface area contributed by atoms with Crippen LogP contribution in [0.4, 0.5) is 0 Å². The molecule has 0 atom stereocenters. The third-order valence-electron chi connectivity index (χ3n) is 4.27. The maximum absolute atomic E-state index is 12.3. The van der Waals surface area contributed by atoms with Gasteiger partial charge in [0.15, 0.2) is 12.4 Å². The predicted molar refractivity (Wildman–Crippen MR) is 101 cm³/mol. The van der Waals surface area contributed by atoms with Crippen LogP contribution in [0.1, 0.15) is 10.6 Å². The number of benzene rings is 1. The molecule has 2 heterocycles. The minimum absolute atomic E-state index is 0.116. The number of piperazine rings is 1. The zero-order valence-corrected chi connectivity index (χ0v) is 15.9. The molecule has 28 heavy (non-hydrogen) atoms. The van der Waals surface area contributed by atoms with Gasteiger partial charge in [0.25, 0.3) is 11.8 Å². The second-order valence-electron chi connectivity index (χ2n) is 6.17. The summed E-state index contributed by atoms with van der Waals surface area (Å²) in [5.74, 6) is 0.0144. The van der Waals surface area contributed by atoms with Crippen LogP contribution in [-0.2, 0) is 9.59 Å². The van der Waals surface area contributed by atoms with E-state index in [0.29, 0.717) is 37.0 Å². The Kier molecular flexibility index (Phi) is 6.54. The largest absolute Gasteiger partial charge is 0.484 e. The van der Waals surface area contributed by atoms with E-state index >= 15 is 0 Å². The number of nitrogens with zero attached hydrogens (tertiary/aromatic N) is 2. The van der Waals surface area contributed by atoms with Crippen LogP contribution < -0.4 is 10.1 Å². The molecular formula is C19H20ClN3O5. The van der Waals surface area contributed by atoms with Gasteiger partial charge in [-0.25, -0.2) is 0 Å². The molecule has 1 fully saturated rings. The zero-order valence-electron chi connectivity index (χ0n) is 15.1. The van der Waals surface area contributed by atoms with E-state index in [1.807, 2.05) is 0 Å². The SMILES string of the molecule is O=C(COc1ccc(Cl)cc1)NCC(=O)N1CCN(C(=O)c2ccco2)CC1. The highest BCUT2D eigenvalue weighted by Gasteiger charge is 2.26. The zero-order chi connectivity index (χ0) is 19.9. The lowest BCUT2D eigenvalue weighted by Gasteiger charge is -2.34. The quantitative estimate of drug-likeness (QED) is 0.784. The molecule has 3 amide bonds. The van der Waals surface area contributed by atoms with Crippen molar-refractivity contribution in [1.29, 1.82) is 0 Å². The molecule has 0 bridgehead atoms. The summed E-state index contributed by atoms with van der Waals surface area (Å²) in [5.41, 5.74) is 0. The first-order valence-electron chi connectivity index (χ1n) is 8.78. The summed E-state index contributed by atoms with van der Waals surface area (Å²) in [6, 6.07) is 9.91. The fraction of sp³-hybridized carbons (Fsp3) is 0.316. The van der Waals surface area contributed by atoms with Crippen molar-refractivity contribution >= 4 is 29.3 Å². The minimum atomic E-state index is -0.394. The molecule has 2 aromatic rings. The summed E-state index contributed by atoms with van der Waals surface area (Å²) in [4.78, 5) is 39.6. The van der Waals surface area contributed by atoms with Gasteiger partial charge in [0, 0.05) is 31.2 Å². The van der Waals surface area contributed by atoms with Gasteiger partial charge in [0.1, 0.15) is 5.75 Å². The molecule has 0 radical (unpaired) electrons. The number of hydrogen-bond acceptors (Lipinski definition) is 5. The van der Waals surface area contributed by atoms with E-state index in [1.165, 1.54) is 6.26 Å². The van der Waals surface area contributed by atoms with E-state index in [-0.39, 0.29) is 30.7 Å². The standard InChI is InChI=1S/C19H20ClN3O5/c20-14-3-5-15(6-4-14)28-13-17(24)21-12-18(25)22-7-9-23(10-8-22)19(26)16-2-1-11-27-16/h1-6,11H,7-10,12-13H2,(H,21,24). The fourth-order valence-corrected chi connectivity index (χ4v) is 2.86. The van der Waals surface area contributed by atoms with Crippen LogP contribution in [-0.4, -0.2) is 66.9 Å². The average molecular weight is 406 g/mol. The highest BCUT2D eigenvalue weighted by atomic mass is 35.5. The number of amides is 3. The second-order valence-corrected chi connectivity index (χ2v) is 6.61. The Balaban J connectivity index is 1.36. The molecule has 0 aliphatic carbocycles. The topological polar surface area (TPSA) is 92.1 Å². The van der Waals surface area contributed by atoms with E-state index < -0.39 is 5.91 Å². The number of ether oxygens (including phenoxy) is 1. The third-order valence-corrected chi connectivity index (χ3v) is 4.52. The first-order valence-corrected chi connectivity index (χ1v) is 9.16. The van der Waals surface area contributed by atoms with Crippen LogP contribution in [0.2, 0.25) is 5.02 Å². The van der Waals surface area contributed by atoms with Crippen LogP contribution in [0, 0.1) is 0 Å².